The lowest BCUT2D eigenvalue weighted by Crippen LogP contribution is -2.42. The van der Waals surface area contributed by atoms with Gasteiger partial charge in [-0.1, -0.05) is 19.8 Å². The predicted octanol–water partition coefficient (Wildman–Crippen LogP) is 2.27. The van der Waals surface area contributed by atoms with Crippen molar-refractivity contribution in [3.8, 4) is 11.5 Å². The predicted molar refractivity (Wildman–Crippen MR) is 82.4 cm³/mol. The summed E-state index contributed by atoms with van der Waals surface area (Å²) in [6.07, 6.45) is 4.46. The highest BCUT2D eigenvalue weighted by Crippen LogP contribution is 2.32. The molecule has 1 aromatic carbocycles. The van der Waals surface area contributed by atoms with Crippen molar-refractivity contribution in [1.82, 2.24) is 5.32 Å². The van der Waals surface area contributed by atoms with Gasteiger partial charge in [-0.3, -0.25) is 4.79 Å². The molecule has 1 heterocycles. The molecule has 23 heavy (non-hydrogen) atoms. The summed E-state index contributed by atoms with van der Waals surface area (Å²) < 4.78 is 15.5. The molecule has 1 amide bonds. The van der Waals surface area contributed by atoms with Crippen LogP contribution in [0.25, 0.3) is 0 Å². The third-order valence-electron chi connectivity index (χ3n) is 4.40. The van der Waals surface area contributed by atoms with Gasteiger partial charge in [0.2, 0.25) is 6.79 Å². The molecule has 2 atom stereocenters. The topological polar surface area (TPSA) is 73.9 Å². The number of carbonyl (C=O) groups is 2. The van der Waals surface area contributed by atoms with Gasteiger partial charge in [-0.2, -0.15) is 0 Å². The van der Waals surface area contributed by atoms with Crippen molar-refractivity contribution >= 4 is 11.9 Å². The number of amides is 1. The lowest BCUT2D eigenvalue weighted by Gasteiger charge is -2.29. The van der Waals surface area contributed by atoms with E-state index >= 15 is 0 Å². The normalized spacial score (nSPS) is 22.5. The Morgan fingerprint density at radius 3 is 2.83 bits per heavy atom. The van der Waals surface area contributed by atoms with Crippen molar-refractivity contribution in [2.75, 3.05) is 13.4 Å². The summed E-state index contributed by atoms with van der Waals surface area (Å²) in [7, 11) is 0. The van der Waals surface area contributed by atoms with E-state index in [0.29, 0.717) is 23.0 Å². The van der Waals surface area contributed by atoms with Gasteiger partial charge in [0.25, 0.3) is 5.91 Å². The number of nitrogens with one attached hydrogen (secondary N) is 1. The Bertz CT molecular complexity index is 601. The molecule has 3 rings (SSSR count). The van der Waals surface area contributed by atoms with E-state index in [9.17, 15) is 9.59 Å². The molecule has 124 valence electrons. The fourth-order valence-electron chi connectivity index (χ4n) is 3.02. The first kappa shape index (κ1) is 15.6. The molecule has 6 heteroatoms. The van der Waals surface area contributed by atoms with Gasteiger partial charge >= 0.3 is 5.97 Å². The molecule has 1 aliphatic carbocycles. The maximum atomic E-state index is 12.0. The fraction of sp³-hybridized carbons (Fsp3) is 0.529. The number of benzene rings is 1. The zero-order valence-corrected chi connectivity index (χ0v) is 13.2. The lowest BCUT2D eigenvalue weighted by atomic mass is 9.86. The quantitative estimate of drug-likeness (QED) is 0.862. The molecule has 0 radical (unpaired) electrons. The van der Waals surface area contributed by atoms with E-state index in [-0.39, 0.29) is 25.3 Å². The average Bonchev–Trinajstić information content (AvgIpc) is 3.02. The van der Waals surface area contributed by atoms with Crippen LogP contribution < -0.4 is 14.8 Å². The molecule has 0 unspecified atom stereocenters. The van der Waals surface area contributed by atoms with Gasteiger partial charge in [0.05, 0.1) is 5.56 Å². The lowest BCUT2D eigenvalue weighted by molar-refractivity contribution is -0.125. The van der Waals surface area contributed by atoms with Crippen LogP contribution in [0, 0.1) is 5.92 Å². The molecule has 1 N–H and O–H groups in total. The van der Waals surface area contributed by atoms with Gasteiger partial charge < -0.3 is 19.5 Å². The Labute approximate surface area is 135 Å². The molecular formula is C17H21NO5. The van der Waals surface area contributed by atoms with Crippen molar-refractivity contribution < 1.29 is 23.8 Å². The molecule has 0 spiro atoms. The van der Waals surface area contributed by atoms with Crippen LogP contribution in [0.5, 0.6) is 11.5 Å². The zero-order chi connectivity index (χ0) is 16.2. The Balaban J connectivity index is 1.49. The molecule has 1 fully saturated rings. The number of hydrogen-bond acceptors (Lipinski definition) is 5. The molecule has 0 saturated heterocycles. The van der Waals surface area contributed by atoms with E-state index < -0.39 is 5.97 Å². The highest BCUT2D eigenvalue weighted by atomic mass is 16.7. The van der Waals surface area contributed by atoms with Crippen molar-refractivity contribution in [2.24, 2.45) is 5.92 Å². The largest absolute Gasteiger partial charge is 0.454 e. The Hall–Kier alpha value is -2.24. The molecule has 1 aromatic rings. The van der Waals surface area contributed by atoms with Crippen LogP contribution in [0.4, 0.5) is 0 Å². The van der Waals surface area contributed by atoms with E-state index in [0.717, 1.165) is 19.3 Å². The van der Waals surface area contributed by atoms with Gasteiger partial charge in [-0.15, -0.1) is 0 Å². The van der Waals surface area contributed by atoms with Crippen LogP contribution in [0.1, 0.15) is 43.0 Å². The minimum Gasteiger partial charge on any atom is -0.454 e. The Morgan fingerprint density at radius 2 is 2.00 bits per heavy atom. The summed E-state index contributed by atoms with van der Waals surface area (Å²) in [5.74, 6) is 0.788. The monoisotopic (exact) mass is 319 g/mol. The van der Waals surface area contributed by atoms with Gasteiger partial charge in [0, 0.05) is 6.04 Å². The van der Waals surface area contributed by atoms with Gasteiger partial charge in [-0.05, 0) is 37.0 Å². The Morgan fingerprint density at radius 1 is 1.22 bits per heavy atom. The van der Waals surface area contributed by atoms with Crippen LogP contribution >= 0.6 is 0 Å². The number of rotatable bonds is 4. The highest BCUT2D eigenvalue weighted by molar-refractivity contribution is 5.92. The first-order chi connectivity index (χ1) is 11.1. The molecule has 0 bridgehead atoms. The number of ether oxygens (including phenoxy) is 3. The second-order valence-electron chi connectivity index (χ2n) is 6.08. The first-order valence-electron chi connectivity index (χ1n) is 7.99. The molecule has 1 aliphatic heterocycles. The fourth-order valence-corrected chi connectivity index (χ4v) is 3.02. The number of hydrogen-bond donors (Lipinski definition) is 1. The van der Waals surface area contributed by atoms with Crippen LogP contribution in [-0.2, 0) is 9.53 Å². The van der Waals surface area contributed by atoms with E-state index in [4.69, 9.17) is 14.2 Å². The van der Waals surface area contributed by atoms with Crippen molar-refractivity contribution in [3.05, 3.63) is 23.8 Å². The molecule has 6 nitrogen and oxygen atoms in total. The molecular weight excluding hydrogens is 298 g/mol. The molecule has 1 saturated carbocycles. The average molecular weight is 319 g/mol. The van der Waals surface area contributed by atoms with Crippen molar-refractivity contribution in [2.45, 2.75) is 38.6 Å². The Kier molecular flexibility index (Phi) is 4.69. The number of carbonyl (C=O) groups excluding carboxylic acids is 2. The number of fused-ring (bicyclic) bond motifs is 1. The maximum absolute atomic E-state index is 12.0. The SMILES string of the molecule is C[C@H]1CCCC[C@H]1NC(=O)COC(=O)c1ccc2c(c1)OCO2. The van der Waals surface area contributed by atoms with Gasteiger partial charge in [-0.25, -0.2) is 4.79 Å². The summed E-state index contributed by atoms with van der Waals surface area (Å²) in [4.78, 5) is 24.0. The van der Waals surface area contributed by atoms with Crippen LogP contribution in [0.15, 0.2) is 18.2 Å². The minimum atomic E-state index is -0.546. The van der Waals surface area contributed by atoms with Crippen LogP contribution in [0.2, 0.25) is 0 Å². The second kappa shape index (κ2) is 6.89. The molecule has 2 aliphatic rings. The van der Waals surface area contributed by atoms with E-state index in [1.54, 1.807) is 18.2 Å². The van der Waals surface area contributed by atoms with Crippen LogP contribution in [0.3, 0.4) is 0 Å². The molecule has 0 aromatic heterocycles. The van der Waals surface area contributed by atoms with E-state index in [2.05, 4.69) is 12.2 Å². The van der Waals surface area contributed by atoms with Gasteiger partial charge in [0.15, 0.2) is 18.1 Å². The number of esters is 1. The minimum absolute atomic E-state index is 0.149. The van der Waals surface area contributed by atoms with Crippen molar-refractivity contribution in [1.29, 1.82) is 0 Å². The summed E-state index contributed by atoms with van der Waals surface area (Å²) in [6.45, 7) is 2.02. The second-order valence-corrected chi connectivity index (χ2v) is 6.08. The standard InChI is InChI=1S/C17H21NO5/c1-11-4-2-3-5-13(11)18-16(19)9-21-17(20)12-6-7-14-15(8-12)23-10-22-14/h6-8,11,13H,2-5,9-10H2,1H3,(H,18,19)/t11-,13+/m0/s1. The summed E-state index contributed by atoms with van der Waals surface area (Å²) in [6, 6.07) is 4.99. The first-order valence-corrected chi connectivity index (χ1v) is 7.99. The van der Waals surface area contributed by atoms with Gasteiger partial charge in [0.1, 0.15) is 0 Å². The third-order valence-corrected chi connectivity index (χ3v) is 4.40. The van der Waals surface area contributed by atoms with E-state index in [1.807, 2.05) is 0 Å². The highest BCUT2D eigenvalue weighted by Gasteiger charge is 2.23. The van der Waals surface area contributed by atoms with Crippen molar-refractivity contribution in [3.63, 3.8) is 0 Å². The van der Waals surface area contributed by atoms with Crippen LogP contribution in [-0.4, -0.2) is 31.3 Å². The maximum Gasteiger partial charge on any atom is 0.338 e. The summed E-state index contributed by atoms with van der Waals surface area (Å²) in [5.41, 5.74) is 0.341. The summed E-state index contributed by atoms with van der Waals surface area (Å²) >= 11 is 0. The zero-order valence-electron chi connectivity index (χ0n) is 13.2. The third kappa shape index (κ3) is 3.75. The smallest absolute Gasteiger partial charge is 0.338 e. The van der Waals surface area contributed by atoms with E-state index in [1.165, 1.54) is 6.42 Å². The summed E-state index contributed by atoms with van der Waals surface area (Å²) in [5, 5.41) is 2.96.